The van der Waals surface area contributed by atoms with Crippen LogP contribution >= 0.6 is 0 Å². The molecule has 2 saturated carbocycles. The van der Waals surface area contributed by atoms with Crippen molar-refractivity contribution in [2.24, 2.45) is 11.3 Å². The molecule has 3 aliphatic carbocycles. The van der Waals surface area contributed by atoms with Crippen LogP contribution in [0.5, 0.6) is 0 Å². The van der Waals surface area contributed by atoms with Gasteiger partial charge in [0.2, 0.25) is 0 Å². The number of benzene rings is 1. The highest BCUT2D eigenvalue weighted by molar-refractivity contribution is 5.96. The number of carbonyl (C=O) groups excluding carboxylic acids is 1. The molecule has 6 heteroatoms. The molecule has 4 aliphatic rings. The second-order valence-corrected chi connectivity index (χ2v) is 11.7. The Labute approximate surface area is 193 Å². The molecule has 2 aromatic rings. The Morgan fingerprint density at radius 1 is 1.21 bits per heavy atom. The van der Waals surface area contributed by atoms with E-state index >= 15 is 0 Å². The van der Waals surface area contributed by atoms with Crippen molar-refractivity contribution in [3.8, 4) is 0 Å². The van der Waals surface area contributed by atoms with Gasteiger partial charge in [-0.05, 0) is 68.7 Å². The third-order valence-electron chi connectivity index (χ3n) is 9.77. The van der Waals surface area contributed by atoms with Gasteiger partial charge >= 0.3 is 0 Å². The molecule has 176 valence electrons. The van der Waals surface area contributed by atoms with E-state index in [-0.39, 0.29) is 11.7 Å². The summed E-state index contributed by atoms with van der Waals surface area (Å²) in [5, 5.41) is 35.5. The molecule has 0 bridgehead atoms. The summed E-state index contributed by atoms with van der Waals surface area (Å²) < 4.78 is 6.09. The van der Waals surface area contributed by atoms with Crippen LogP contribution in [-0.2, 0) is 21.4 Å². The minimum absolute atomic E-state index is 0.185. The number of ether oxygens (including phenoxy) is 1. The fourth-order valence-electron chi connectivity index (χ4n) is 7.86. The summed E-state index contributed by atoms with van der Waals surface area (Å²) in [6.07, 6.45) is 1.55. The smallest absolute Gasteiger partial charge is 0.187 e. The molecule has 2 heterocycles. The number of hydrogen-bond donors (Lipinski definition) is 4. The van der Waals surface area contributed by atoms with Gasteiger partial charge in [0.05, 0.1) is 17.8 Å². The van der Waals surface area contributed by atoms with Crippen LogP contribution in [0.4, 0.5) is 0 Å². The van der Waals surface area contributed by atoms with Crippen LogP contribution in [0.3, 0.4) is 0 Å². The molecule has 1 aliphatic heterocycles. The van der Waals surface area contributed by atoms with E-state index < -0.39 is 40.3 Å². The maximum atomic E-state index is 13.0. The SMILES string of the molecule is CC(C)(O)C1OC2CC[C@]3(C)[C@@]4(C)c5[nH]c6ccccc6c5C[C@@H]4CC(O)[C@@]3(O)C2=CC1=O. The summed E-state index contributed by atoms with van der Waals surface area (Å²) in [4.78, 5) is 16.7. The van der Waals surface area contributed by atoms with Gasteiger partial charge in [-0.15, -0.1) is 0 Å². The van der Waals surface area contributed by atoms with Gasteiger partial charge in [0, 0.05) is 27.4 Å². The number of fused-ring (bicyclic) bond motifs is 9. The average molecular weight is 452 g/mol. The second kappa shape index (κ2) is 6.36. The Morgan fingerprint density at radius 2 is 1.94 bits per heavy atom. The first kappa shape index (κ1) is 21.5. The molecule has 3 unspecified atom stereocenters. The molecular formula is C27H33NO5. The van der Waals surface area contributed by atoms with Crippen molar-refractivity contribution >= 4 is 16.7 Å². The molecule has 6 rings (SSSR count). The lowest BCUT2D eigenvalue weighted by molar-refractivity contribution is -0.233. The van der Waals surface area contributed by atoms with Crippen molar-refractivity contribution in [1.82, 2.24) is 4.98 Å². The molecule has 33 heavy (non-hydrogen) atoms. The van der Waals surface area contributed by atoms with Crippen molar-refractivity contribution in [1.29, 1.82) is 0 Å². The third kappa shape index (κ3) is 2.40. The zero-order valence-corrected chi connectivity index (χ0v) is 19.7. The number of ketones is 1. The fraction of sp³-hybridized carbons (Fsp3) is 0.593. The molecule has 0 saturated heterocycles. The van der Waals surface area contributed by atoms with Gasteiger partial charge in [-0.1, -0.05) is 32.0 Å². The Bertz CT molecular complexity index is 1210. The van der Waals surface area contributed by atoms with Crippen molar-refractivity contribution in [2.75, 3.05) is 0 Å². The quantitative estimate of drug-likeness (QED) is 0.534. The first-order valence-electron chi connectivity index (χ1n) is 12.1. The number of aromatic nitrogens is 1. The Kier molecular flexibility index (Phi) is 4.15. The van der Waals surface area contributed by atoms with Crippen molar-refractivity contribution in [3.63, 3.8) is 0 Å². The van der Waals surface area contributed by atoms with Crippen LogP contribution in [0.15, 0.2) is 35.9 Å². The number of para-hydroxylation sites is 1. The zero-order chi connectivity index (χ0) is 23.6. The Balaban J connectivity index is 1.53. The predicted octanol–water partition coefficient (Wildman–Crippen LogP) is 2.93. The van der Waals surface area contributed by atoms with E-state index in [9.17, 15) is 20.1 Å². The lowest BCUT2D eigenvalue weighted by Gasteiger charge is -2.66. The first-order chi connectivity index (χ1) is 15.4. The van der Waals surface area contributed by atoms with Crippen molar-refractivity contribution in [2.45, 2.75) is 88.3 Å². The highest BCUT2D eigenvalue weighted by atomic mass is 16.5. The number of carbonyl (C=O) groups is 1. The molecule has 1 aromatic heterocycles. The number of aliphatic hydroxyl groups excluding tert-OH is 1. The van der Waals surface area contributed by atoms with E-state index in [2.05, 4.69) is 31.0 Å². The van der Waals surface area contributed by atoms with Crippen LogP contribution in [0.1, 0.15) is 58.2 Å². The number of nitrogens with one attached hydrogen (secondary N) is 1. The van der Waals surface area contributed by atoms with Gasteiger partial charge in [0.15, 0.2) is 5.78 Å². The maximum absolute atomic E-state index is 13.0. The molecule has 4 N–H and O–H groups in total. The molecule has 2 fully saturated rings. The summed E-state index contributed by atoms with van der Waals surface area (Å²) in [5.41, 5.74) is -0.0337. The number of aliphatic hydroxyl groups is 3. The molecule has 1 aromatic carbocycles. The molecular weight excluding hydrogens is 418 g/mol. The molecule has 6 nitrogen and oxygen atoms in total. The standard InChI is InChI=1S/C27H33NO5/c1-24(2,31)23-19(29)13-17-20(33-23)9-10-25(3)26(4)14(12-21(30)27(17,25)32)11-16-15-7-5-6-8-18(15)28-22(16)26/h5-8,13-14,20-21,23,28,30-32H,9-12H2,1-4H3/t14-,20?,21?,23?,25-,26-,27+/m1/s1. The van der Waals surface area contributed by atoms with E-state index in [0.29, 0.717) is 24.8 Å². The van der Waals surface area contributed by atoms with Crippen LogP contribution in [0.25, 0.3) is 10.9 Å². The van der Waals surface area contributed by atoms with Crippen molar-refractivity contribution < 1.29 is 24.9 Å². The van der Waals surface area contributed by atoms with Crippen LogP contribution < -0.4 is 0 Å². The van der Waals surface area contributed by atoms with Gasteiger partial charge in [0.25, 0.3) is 0 Å². The van der Waals surface area contributed by atoms with Gasteiger partial charge in [-0.25, -0.2) is 0 Å². The largest absolute Gasteiger partial charge is 0.390 e. The summed E-state index contributed by atoms with van der Waals surface area (Å²) >= 11 is 0. The molecule has 0 spiro atoms. The maximum Gasteiger partial charge on any atom is 0.187 e. The minimum atomic E-state index is -1.60. The summed E-state index contributed by atoms with van der Waals surface area (Å²) in [6.45, 7) is 7.43. The summed E-state index contributed by atoms with van der Waals surface area (Å²) in [5.74, 6) is -0.172. The highest BCUT2D eigenvalue weighted by Gasteiger charge is 2.73. The topological polar surface area (TPSA) is 103 Å². The van der Waals surface area contributed by atoms with Gasteiger partial charge < -0.3 is 25.0 Å². The van der Waals surface area contributed by atoms with E-state index in [1.807, 2.05) is 12.1 Å². The summed E-state index contributed by atoms with van der Waals surface area (Å²) in [6, 6.07) is 8.30. The number of hydrogen-bond acceptors (Lipinski definition) is 5. The highest BCUT2D eigenvalue weighted by Crippen LogP contribution is 2.69. The zero-order valence-electron chi connectivity index (χ0n) is 19.7. The number of aromatic amines is 1. The normalized spacial score (nSPS) is 42.4. The average Bonchev–Trinajstić information content (AvgIpc) is 3.25. The first-order valence-corrected chi connectivity index (χ1v) is 12.1. The van der Waals surface area contributed by atoms with Crippen LogP contribution in [0, 0.1) is 11.3 Å². The van der Waals surface area contributed by atoms with Gasteiger partial charge in [-0.2, -0.15) is 0 Å². The van der Waals surface area contributed by atoms with Crippen molar-refractivity contribution in [3.05, 3.63) is 47.2 Å². The number of rotatable bonds is 1. The van der Waals surface area contributed by atoms with Crippen LogP contribution in [0.2, 0.25) is 0 Å². The van der Waals surface area contributed by atoms with E-state index in [0.717, 1.165) is 17.6 Å². The monoisotopic (exact) mass is 451 g/mol. The van der Waals surface area contributed by atoms with Gasteiger partial charge in [0.1, 0.15) is 11.7 Å². The molecule has 0 amide bonds. The second-order valence-electron chi connectivity index (χ2n) is 11.7. The Morgan fingerprint density at radius 3 is 2.67 bits per heavy atom. The van der Waals surface area contributed by atoms with E-state index in [1.54, 1.807) is 13.8 Å². The predicted molar refractivity (Wildman–Crippen MR) is 124 cm³/mol. The Hall–Kier alpha value is -1.99. The third-order valence-corrected chi connectivity index (χ3v) is 9.77. The van der Waals surface area contributed by atoms with Crippen LogP contribution in [-0.4, -0.2) is 55.6 Å². The number of H-pyrrole nitrogens is 1. The molecule has 0 radical (unpaired) electrons. The van der Waals surface area contributed by atoms with E-state index in [4.69, 9.17) is 4.74 Å². The summed E-state index contributed by atoms with van der Waals surface area (Å²) in [7, 11) is 0. The molecule has 7 atom stereocenters. The minimum Gasteiger partial charge on any atom is -0.390 e. The van der Waals surface area contributed by atoms with E-state index in [1.165, 1.54) is 17.0 Å². The fourth-order valence-corrected chi connectivity index (χ4v) is 7.86. The lowest BCUT2D eigenvalue weighted by Crippen LogP contribution is -2.73. The van der Waals surface area contributed by atoms with Gasteiger partial charge in [-0.3, -0.25) is 4.79 Å². The lowest BCUT2D eigenvalue weighted by atomic mass is 9.42.